The molecule has 0 radical (unpaired) electrons. The Balaban J connectivity index is 2.84. The molecule has 4 nitrogen and oxygen atoms in total. The van der Waals surface area contributed by atoms with Gasteiger partial charge < -0.3 is 4.74 Å². The molecule has 0 amide bonds. The zero-order chi connectivity index (χ0) is 16.0. The summed E-state index contributed by atoms with van der Waals surface area (Å²) in [5.74, 6) is -0.365. The van der Waals surface area contributed by atoms with Gasteiger partial charge in [0.15, 0.2) is 0 Å². The van der Waals surface area contributed by atoms with Crippen LogP contribution in [0.1, 0.15) is 38.8 Å². The van der Waals surface area contributed by atoms with Crippen molar-refractivity contribution in [3.05, 3.63) is 35.4 Å². The molecule has 1 aromatic carbocycles. The average molecular weight is 311 g/mol. The summed E-state index contributed by atoms with van der Waals surface area (Å²) in [6, 6.07) is 7.34. The predicted octanol–water partition coefficient (Wildman–Crippen LogP) is 2.52. The number of hydrogen-bond acceptors (Lipinski definition) is 3. The predicted molar refractivity (Wildman–Crippen MR) is 86.3 cm³/mol. The highest BCUT2D eigenvalue weighted by molar-refractivity contribution is 7.84. The maximum atomic E-state index is 12.2. The smallest absolute Gasteiger partial charge is 0.324 e. The van der Waals surface area contributed by atoms with Crippen molar-refractivity contribution >= 4 is 17.0 Å². The van der Waals surface area contributed by atoms with Gasteiger partial charge in [-0.25, -0.2) is 8.93 Å². The molecule has 1 unspecified atom stereocenters. The van der Waals surface area contributed by atoms with Crippen LogP contribution in [0.3, 0.4) is 0 Å². The third-order valence-corrected chi connectivity index (χ3v) is 4.55. The zero-order valence-corrected chi connectivity index (χ0v) is 14.3. The molecule has 0 aliphatic heterocycles. The van der Waals surface area contributed by atoms with Gasteiger partial charge in [0, 0.05) is 0 Å². The molecule has 0 aromatic heterocycles. The molecular weight excluding hydrogens is 286 g/mol. The van der Waals surface area contributed by atoms with E-state index in [1.54, 1.807) is 6.92 Å². The van der Waals surface area contributed by atoms with Gasteiger partial charge >= 0.3 is 5.97 Å². The lowest BCUT2D eigenvalue weighted by molar-refractivity contribution is -0.145. The zero-order valence-electron chi connectivity index (χ0n) is 13.4. The molecule has 0 saturated heterocycles. The second-order valence-corrected chi connectivity index (χ2v) is 7.99. The third kappa shape index (κ3) is 5.98. The van der Waals surface area contributed by atoms with E-state index >= 15 is 0 Å². The van der Waals surface area contributed by atoms with E-state index in [9.17, 15) is 9.00 Å². The minimum absolute atomic E-state index is 0.313. The lowest BCUT2D eigenvalue weighted by Crippen LogP contribution is -2.45. The van der Waals surface area contributed by atoms with Crippen LogP contribution < -0.4 is 4.72 Å². The molecule has 0 aliphatic rings. The molecular formula is C16H25NO3S. The molecule has 0 aliphatic carbocycles. The SMILES string of the molecule is CCOC(=O)C(Cc1ccc(C)cc1)N[S@@](=O)C(C)(C)C. The molecule has 1 aromatic rings. The molecule has 0 heterocycles. The molecule has 0 saturated carbocycles. The van der Waals surface area contributed by atoms with E-state index in [4.69, 9.17) is 4.74 Å². The van der Waals surface area contributed by atoms with Crippen LogP contribution in [0.2, 0.25) is 0 Å². The van der Waals surface area contributed by atoms with E-state index in [1.807, 2.05) is 52.0 Å². The first-order chi connectivity index (χ1) is 9.74. The molecule has 0 bridgehead atoms. The van der Waals surface area contributed by atoms with Crippen molar-refractivity contribution in [3.8, 4) is 0 Å². The Labute approximate surface area is 129 Å². The number of carbonyl (C=O) groups is 1. The molecule has 0 spiro atoms. The normalized spacial score (nSPS) is 14.5. The van der Waals surface area contributed by atoms with Crippen molar-refractivity contribution in [2.24, 2.45) is 0 Å². The van der Waals surface area contributed by atoms with Crippen molar-refractivity contribution in [2.45, 2.75) is 51.8 Å². The topological polar surface area (TPSA) is 55.4 Å². The van der Waals surface area contributed by atoms with Crippen LogP contribution in [0.4, 0.5) is 0 Å². The number of nitrogens with one attached hydrogen (secondary N) is 1. The average Bonchev–Trinajstić information content (AvgIpc) is 2.39. The Bertz CT molecular complexity index is 491. The van der Waals surface area contributed by atoms with Crippen LogP contribution in [0.25, 0.3) is 0 Å². The summed E-state index contributed by atoms with van der Waals surface area (Å²) in [6.07, 6.45) is 0.459. The van der Waals surface area contributed by atoms with E-state index in [0.29, 0.717) is 13.0 Å². The lowest BCUT2D eigenvalue weighted by Gasteiger charge is -2.23. The maximum Gasteiger partial charge on any atom is 0.324 e. The summed E-state index contributed by atoms with van der Waals surface area (Å²) in [4.78, 5) is 12.1. The molecule has 1 N–H and O–H groups in total. The monoisotopic (exact) mass is 311 g/mol. The minimum atomic E-state index is -1.32. The highest BCUT2D eigenvalue weighted by Crippen LogP contribution is 2.12. The number of esters is 1. The molecule has 21 heavy (non-hydrogen) atoms. The summed E-state index contributed by atoms with van der Waals surface area (Å²) >= 11 is 0. The Morgan fingerprint density at radius 1 is 1.29 bits per heavy atom. The molecule has 1 rings (SSSR count). The molecule has 2 atom stereocenters. The van der Waals surface area contributed by atoms with Crippen LogP contribution in [0, 0.1) is 6.92 Å². The van der Waals surface area contributed by atoms with E-state index in [0.717, 1.165) is 11.1 Å². The van der Waals surface area contributed by atoms with Crippen LogP contribution in [0.15, 0.2) is 24.3 Å². The van der Waals surface area contributed by atoms with E-state index in [1.165, 1.54) is 0 Å². The first-order valence-corrected chi connectivity index (χ1v) is 8.29. The van der Waals surface area contributed by atoms with Crippen molar-refractivity contribution in [1.29, 1.82) is 0 Å². The van der Waals surface area contributed by atoms with Crippen molar-refractivity contribution < 1.29 is 13.7 Å². The van der Waals surface area contributed by atoms with Crippen LogP contribution in [0.5, 0.6) is 0 Å². The number of carbonyl (C=O) groups excluding carboxylic acids is 1. The Morgan fingerprint density at radius 3 is 2.33 bits per heavy atom. The summed E-state index contributed by atoms with van der Waals surface area (Å²) in [6.45, 7) is 9.69. The first-order valence-electron chi connectivity index (χ1n) is 7.14. The summed E-state index contributed by atoms with van der Waals surface area (Å²) in [5, 5.41) is 0. The van der Waals surface area contributed by atoms with Crippen molar-refractivity contribution in [1.82, 2.24) is 4.72 Å². The number of rotatable bonds is 6. The van der Waals surface area contributed by atoms with Crippen LogP contribution in [-0.4, -0.2) is 27.6 Å². The highest BCUT2D eigenvalue weighted by atomic mass is 32.2. The number of hydrogen-bond donors (Lipinski definition) is 1. The fourth-order valence-electron chi connectivity index (χ4n) is 1.68. The second-order valence-electron chi connectivity index (χ2n) is 5.99. The van der Waals surface area contributed by atoms with E-state index < -0.39 is 21.8 Å². The first kappa shape index (κ1) is 17.9. The minimum Gasteiger partial charge on any atom is -0.465 e. The highest BCUT2D eigenvalue weighted by Gasteiger charge is 2.27. The van der Waals surface area contributed by atoms with Gasteiger partial charge in [-0.1, -0.05) is 29.8 Å². The quantitative estimate of drug-likeness (QED) is 0.821. The third-order valence-electron chi connectivity index (χ3n) is 2.94. The summed E-state index contributed by atoms with van der Waals surface area (Å²) in [7, 11) is -1.32. The van der Waals surface area contributed by atoms with Gasteiger partial charge in [-0.05, 0) is 46.6 Å². The van der Waals surface area contributed by atoms with Crippen molar-refractivity contribution in [3.63, 3.8) is 0 Å². The fraction of sp³-hybridized carbons (Fsp3) is 0.562. The number of ether oxygens (including phenoxy) is 1. The van der Waals surface area contributed by atoms with Gasteiger partial charge in [0.25, 0.3) is 0 Å². The summed E-state index contributed by atoms with van der Waals surface area (Å²) < 4.78 is 19.8. The number of aryl methyl sites for hydroxylation is 1. The largest absolute Gasteiger partial charge is 0.465 e. The van der Waals surface area contributed by atoms with Crippen molar-refractivity contribution in [2.75, 3.05) is 6.61 Å². The lowest BCUT2D eigenvalue weighted by atomic mass is 10.1. The summed E-state index contributed by atoms with van der Waals surface area (Å²) in [5.41, 5.74) is 2.18. The maximum absolute atomic E-state index is 12.2. The van der Waals surface area contributed by atoms with E-state index in [2.05, 4.69) is 4.72 Å². The van der Waals surface area contributed by atoms with Gasteiger partial charge in [-0.2, -0.15) is 0 Å². The standard InChI is InChI=1S/C16H25NO3S/c1-6-20-15(18)14(17-21(19)16(3,4)5)11-13-9-7-12(2)8-10-13/h7-10,14,17H,6,11H2,1-5H3/t14?,21-/m0/s1. The van der Waals surface area contributed by atoms with Gasteiger partial charge in [0.1, 0.15) is 6.04 Å². The molecule has 0 fully saturated rings. The Kier molecular flexibility index (Phi) is 6.55. The van der Waals surface area contributed by atoms with Gasteiger partial charge in [-0.15, -0.1) is 0 Å². The fourth-order valence-corrected chi connectivity index (χ4v) is 2.47. The van der Waals surface area contributed by atoms with Crippen LogP contribution >= 0.6 is 0 Å². The van der Waals surface area contributed by atoms with E-state index in [-0.39, 0.29) is 5.97 Å². The Hall–Kier alpha value is -1.20. The number of benzene rings is 1. The van der Waals surface area contributed by atoms with Gasteiger partial charge in [0.05, 0.1) is 22.3 Å². The molecule has 118 valence electrons. The second kappa shape index (κ2) is 7.71. The Morgan fingerprint density at radius 2 is 1.86 bits per heavy atom. The van der Waals surface area contributed by atoms with Gasteiger partial charge in [0.2, 0.25) is 0 Å². The van der Waals surface area contributed by atoms with Gasteiger partial charge in [-0.3, -0.25) is 4.79 Å². The molecule has 5 heteroatoms. The van der Waals surface area contributed by atoms with Crippen LogP contribution in [-0.2, 0) is 26.9 Å².